The van der Waals surface area contributed by atoms with Crippen molar-refractivity contribution in [1.29, 1.82) is 0 Å². The molecular formula is C17H28N2O. The lowest BCUT2D eigenvalue weighted by Crippen LogP contribution is -2.49. The van der Waals surface area contributed by atoms with Crippen molar-refractivity contribution < 1.29 is 4.79 Å². The second-order valence-corrected chi connectivity index (χ2v) is 6.24. The van der Waals surface area contributed by atoms with Gasteiger partial charge in [-0.25, -0.2) is 0 Å². The topological polar surface area (TPSA) is 32.3 Å². The van der Waals surface area contributed by atoms with Crippen molar-refractivity contribution in [3.63, 3.8) is 0 Å². The predicted octanol–water partition coefficient (Wildman–Crippen LogP) is 2.70. The number of amides is 1. The van der Waals surface area contributed by atoms with Crippen molar-refractivity contribution in [3.8, 4) is 12.3 Å². The Morgan fingerprint density at radius 2 is 1.50 bits per heavy atom. The third-order valence-corrected chi connectivity index (χ3v) is 4.80. The van der Waals surface area contributed by atoms with Crippen molar-refractivity contribution >= 4 is 5.91 Å². The molecule has 112 valence electrons. The van der Waals surface area contributed by atoms with Gasteiger partial charge in [0.1, 0.15) is 0 Å². The third-order valence-electron chi connectivity index (χ3n) is 4.80. The van der Waals surface area contributed by atoms with E-state index in [0.29, 0.717) is 25.2 Å². The summed E-state index contributed by atoms with van der Waals surface area (Å²) in [6.07, 6.45) is 18.3. The van der Waals surface area contributed by atoms with Crippen LogP contribution < -0.4 is 5.32 Å². The minimum Gasteiger partial charge on any atom is -0.344 e. The molecule has 0 heterocycles. The van der Waals surface area contributed by atoms with Gasteiger partial charge in [-0.1, -0.05) is 44.4 Å². The van der Waals surface area contributed by atoms with Gasteiger partial charge in [0.15, 0.2) is 0 Å². The van der Waals surface area contributed by atoms with E-state index < -0.39 is 0 Å². The van der Waals surface area contributed by atoms with Gasteiger partial charge in [0.05, 0.1) is 13.1 Å². The fourth-order valence-electron chi connectivity index (χ4n) is 3.75. The lowest BCUT2D eigenvalue weighted by atomic mass is 9.88. The van der Waals surface area contributed by atoms with Gasteiger partial charge in [-0.3, -0.25) is 9.69 Å². The predicted molar refractivity (Wildman–Crippen MR) is 82.3 cm³/mol. The fraction of sp³-hybridized carbons (Fsp3) is 0.824. The van der Waals surface area contributed by atoms with E-state index in [1.807, 2.05) is 0 Å². The Kier molecular flexibility index (Phi) is 6.39. The van der Waals surface area contributed by atoms with E-state index in [4.69, 9.17) is 6.42 Å². The third kappa shape index (κ3) is 4.52. The molecular weight excluding hydrogens is 248 g/mol. The molecule has 0 aliphatic heterocycles. The second-order valence-electron chi connectivity index (χ2n) is 6.24. The molecule has 0 unspecified atom stereocenters. The number of terminal acetylenes is 1. The zero-order chi connectivity index (χ0) is 14.2. The standard InChI is InChI=1S/C17H28N2O/c1-2-13-18-17(20)14-19(15-9-5-3-6-10-15)16-11-7-4-8-12-16/h1,15-16H,3-14H2,(H,18,20). The molecule has 0 saturated heterocycles. The number of nitrogens with zero attached hydrogens (tertiary/aromatic N) is 1. The van der Waals surface area contributed by atoms with Crippen LogP contribution in [0.4, 0.5) is 0 Å². The van der Waals surface area contributed by atoms with Crippen LogP contribution in [0.25, 0.3) is 0 Å². The first-order valence-corrected chi connectivity index (χ1v) is 8.27. The molecule has 2 saturated carbocycles. The first-order chi connectivity index (χ1) is 9.81. The molecule has 1 N–H and O–H groups in total. The average molecular weight is 276 g/mol. The van der Waals surface area contributed by atoms with Gasteiger partial charge in [0.25, 0.3) is 0 Å². The molecule has 0 radical (unpaired) electrons. The molecule has 2 fully saturated rings. The Labute approximate surface area is 123 Å². The van der Waals surface area contributed by atoms with Crippen LogP contribution in [0.1, 0.15) is 64.2 Å². The molecule has 0 aromatic rings. The molecule has 0 spiro atoms. The summed E-state index contributed by atoms with van der Waals surface area (Å²) in [5.41, 5.74) is 0. The van der Waals surface area contributed by atoms with Gasteiger partial charge in [0, 0.05) is 12.1 Å². The smallest absolute Gasteiger partial charge is 0.234 e. The van der Waals surface area contributed by atoms with Crippen LogP contribution >= 0.6 is 0 Å². The van der Waals surface area contributed by atoms with Crippen LogP contribution in [0.5, 0.6) is 0 Å². The maximum Gasteiger partial charge on any atom is 0.234 e. The van der Waals surface area contributed by atoms with Gasteiger partial charge >= 0.3 is 0 Å². The van der Waals surface area contributed by atoms with Crippen LogP contribution in [-0.4, -0.2) is 36.0 Å². The Bertz CT molecular complexity index is 317. The summed E-state index contributed by atoms with van der Waals surface area (Å²) in [7, 11) is 0. The van der Waals surface area contributed by atoms with E-state index in [9.17, 15) is 4.79 Å². The molecule has 0 bridgehead atoms. The molecule has 3 heteroatoms. The van der Waals surface area contributed by atoms with Gasteiger partial charge in [-0.2, -0.15) is 0 Å². The van der Waals surface area contributed by atoms with E-state index in [1.165, 1.54) is 64.2 Å². The summed E-state index contributed by atoms with van der Waals surface area (Å²) in [4.78, 5) is 14.6. The minimum absolute atomic E-state index is 0.0964. The molecule has 0 aromatic carbocycles. The normalized spacial score (nSPS) is 21.6. The number of hydrogen-bond donors (Lipinski definition) is 1. The van der Waals surface area contributed by atoms with Crippen LogP contribution in [0.15, 0.2) is 0 Å². The van der Waals surface area contributed by atoms with Crippen molar-refractivity contribution in [3.05, 3.63) is 0 Å². The monoisotopic (exact) mass is 276 g/mol. The Balaban J connectivity index is 1.94. The summed E-state index contributed by atoms with van der Waals surface area (Å²) >= 11 is 0. The highest BCUT2D eigenvalue weighted by molar-refractivity contribution is 5.78. The van der Waals surface area contributed by atoms with E-state index in [1.54, 1.807) is 0 Å². The summed E-state index contributed by atoms with van der Waals surface area (Å²) in [6, 6.07) is 1.23. The van der Waals surface area contributed by atoms with Crippen molar-refractivity contribution in [2.45, 2.75) is 76.3 Å². The van der Waals surface area contributed by atoms with Crippen molar-refractivity contribution in [2.75, 3.05) is 13.1 Å². The maximum atomic E-state index is 12.0. The summed E-state index contributed by atoms with van der Waals surface area (Å²) < 4.78 is 0. The highest BCUT2D eigenvalue weighted by Gasteiger charge is 2.29. The van der Waals surface area contributed by atoms with E-state index in [0.717, 1.165) is 0 Å². The van der Waals surface area contributed by atoms with Gasteiger partial charge < -0.3 is 5.32 Å². The van der Waals surface area contributed by atoms with Crippen LogP contribution in [0, 0.1) is 12.3 Å². The quantitative estimate of drug-likeness (QED) is 0.783. The van der Waals surface area contributed by atoms with Crippen LogP contribution in [-0.2, 0) is 4.79 Å². The number of carbonyl (C=O) groups is 1. The average Bonchev–Trinajstić information content (AvgIpc) is 2.52. The van der Waals surface area contributed by atoms with Crippen LogP contribution in [0.2, 0.25) is 0 Å². The largest absolute Gasteiger partial charge is 0.344 e. The molecule has 1 amide bonds. The zero-order valence-electron chi connectivity index (χ0n) is 12.6. The molecule has 3 nitrogen and oxygen atoms in total. The highest BCUT2D eigenvalue weighted by Crippen LogP contribution is 2.29. The number of hydrogen-bond acceptors (Lipinski definition) is 2. The molecule has 20 heavy (non-hydrogen) atoms. The highest BCUT2D eigenvalue weighted by atomic mass is 16.2. The molecule has 0 aromatic heterocycles. The second kappa shape index (κ2) is 8.32. The van der Waals surface area contributed by atoms with E-state index in [2.05, 4.69) is 16.1 Å². The SMILES string of the molecule is C#CCNC(=O)CN(C1CCCCC1)C1CCCCC1. The molecule has 2 aliphatic carbocycles. The zero-order valence-corrected chi connectivity index (χ0v) is 12.6. The first-order valence-electron chi connectivity index (χ1n) is 8.27. The Morgan fingerprint density at radius 3 is 1.95 bits per heavy atom. The van der Waals surface area contributed by atoms with E-state index >= 15 is 0 Å². The summed E-state index contributed by atoms with van der Waals surface area (Å²) in [5.74, 6) is 2.58. The maximum absolute atomic E-state index is 12.0. The summed E-state index contributed by atoms with van der Waals surface area (Å²) in [5, 5.41) is 2.82. The number of carbonyl (C=O) groups excluding carboxylic acids is 1. The van der Waals surface area contributed by atoms with Gasteiger partial charge in [0.2, 0.25) is 5.91 Å². The number of nitrogens with one attached hydrogen (secondary N) is 1. The molecule has 0 atom stereocenters. The van der Waals surface area contributed by atoms with E-state index in [-0.39, 0.29) is 5.91 Å². The van der Waals surface area contributed by atoms with Crippen LogP contribution in [0.3, 0.4) is 0 Å². The number of rotatable bonds is 5. The fourth-order valence-corrected chi connectivity index (χ4v) is 3.75. The summed E-state index contributed by atoms with van der Waals surface area (Å²) in [6.45, 7) is 0.888. The molecule has 2 aliphatic rings. The lowest BCUT2D eigenvalue weighted by molar-refractivity contribution is -0.123. The minimum atomic E-state index is 0.0964. The van der Waals surface area contributed by atoms with Gasteiger partial charge in [-0.15, -0.1) is 6.42 Å². The first kappa shape index (κ1) is 15.4. The van der Waals surface area contributed by atoms with Gasteiger partial charge in [-0.05, 0) is 25.7 Å². The van der Waals surface area contributed by atoms with Crippen molar-refractivity contribution in [2.24, 2.45) is 0 Å². The molecule has 2 rings (SSSR count). The lowest BCUT2D eigenvalue weighted by Gasteiger charge is -2.41. The Hall–Kier alpha value is -1.01. The Morgan fingerprint density at radius 1 is 1.00 bits per heavy atom. The van der Waals surface area contributed by atoms with Crippen molar-refractivity contribution in [1.82, 2.24) is 10.2 Å².